The average Bonchev–Trinajstić information content (AvgIpc) is 2.99. The lowest BCUT2D eigenvalue weighted by molar-refractivity contribution is 0.280. The molecule has 2 aromatic carbocycles. The first-order valence-electron chi connectivity index (χ1n) is 6.84. The summed E-state index contributed by atoms with van der Waals surface area (Å²) in [6.45, 7) is 3.12. The van der Waals surface area contributed by atoms with E-state index in [-0.39, 0.29) is 0 Å². The van der Waals surface area contributed by atoms with E-state index in [1.807, 2.05) is 61.5 Å². The number of hydrogen-bond acceptors (Lipinski definition) is 4. The van der Waals surface area contributed by atoms with Crippen LogP contribution < -0.4 is 4.74 Å². The van der Waals surface area contributed by atoms with Crippen molar-refractivity contribution in [2.24, 2.45) is 0 Å². The first-order valence-corrected chi connectivity index (χ1v) is 6.84. The Morgan fingerprint density at radius 1 is 1.00 bits per heavy atom. The number of ether oxygens (including phenoxy) is 1. The zero-order chi connectivity index (χ0) is 14.5. The van der Waals surface area contributed by atoms with E-state index in [2.05, 4.69) is 15.4 Å². The summed E-state index contributed by atoms with van der Waals surface area (Å²) in [6.07, 6.45) is 0. The second-order valence-corrected chi connectivity index (χ2v) is 4.74. The van der Waals surface area contributed by atoms with E-state index in [0.717, 1.165) is 11.3 Å². The summed E-state index contributed by atoms with van der Waals surface area (Å²) in [5, 5.41) is 12.4. The van der Waals surface area contributed by atoms with E-state index >= 15 is 0 Å². The number of rotatable bonds is 5. The van der Waals surface area contributed by atoms with E-state index in [1.54, 1.807) is 4.80 Å². The smallest absolute Gasteiger partial charge is 0.204 e. The van der Waals surface area contributed by atoms with Crippen molar-refractivity contribution in [2.45, 2.75) is 13.5 Å². The minimum Gasteiger partial charge on any atom is -0.492 e. The minimum atomic E-state index is 0.508. The molecule has 0 radical (unpaired) electrons. The average molecular weight is 280 g/mol. The largest absolute Gasteiger partial charge is 0.492 e. The normalized spacial score (nSPS) is 10.5. The van der Waals surface area contributed by atoms with E-state index in [0.29, 0.717) is 19.0 Å². The van der Waals surface area contributed by atoms with Gasteiger partial charge < -0.3 is 4.74 Å². The lowest BCUT2D eigenvalue weighted by Gasteiger charge is -2.05. The number of tetrazole rings is 1. The van der Waals surface area contributed by atoms with Gasteiger partial charge in [0.25, 0.3) is 0 Å². The maximum absolute atomic E-state index is 5.65. The molecular weight excluding hydrogens is 264 g/mol. The molecule has 5 nitrogen and oxygen atoms in total. The van der Waals surface area contributed by atoms with Crippen molar-refractivity contribution >= 4 is 0 Å². The Labute approximate surface area is 123 Å². The Morgan fingerprint density at radius 3 is 2.52 bits per heavy atom. The predicted molar refractivity (Wildman–Crippen MR) is 79.9 cm³/mol. The van der Waals surface area contributed by atoms with Crippen LogP contribution in [0.4, 0.5) is 0 Å². The quantitative estimate of drug-likeness (QED) is 0.721. The fourth-order valence-electron chi connectivity index (χ4n) is 1.92. The molecule has 106 valence electrons. The molecule has 0 unspecified atom stereocenters. The fourth-order valence-corrected chi connectivity index (χ4v) is 1.92. The van der Waals surface area contributed by atoms with Gasteiger partial charge in [-0.1, -0.05) is 48.0 Å². The maximum Gasteiger partial charge on any atom is 0.204 e. The zero-order valence-electron chi connectivity index (χ0n) is 11.8. The summed E-state index contributed by atoms with van der Waals surface area (Å²) in [6, 6.07) is 17.8. The van der Waals surface area contributed by atoms with Gasteiger partial charge in [0.05, 0.1) is 6.54 Å². The van der Waals surface area contributed by atoms with Gasteiger partial charge >= 0.3 is 0 Å². The summed E-state index contributed by atoms with van der Waals surface area (Å²) in [5.74, 6) is 1.48. The van der Waals surface area contributed by atoms with Crippen molar-refractivity contribution in [3.63, 3.8) is 0 Å². The summed E-state index contributed by atoms with van der Waals surface area (Å²) in [4.78, 5) is 1.55. The molecule has 1 heterocycles. The highest BCUT2D eigenvalue weighted by atomic mass is 16.5. The zero-order valence-corrected chi connectivity index (χ0v) is 11.8. The summed E-state index contributed by atoms with van der Waals surface area (Å²) in [5.41, 5.74) is 2.18. The molecule has 3 aromatic rings. The van der Waals surface area contributed by atoms with Gasteiger partial charge in [-0.2, -0.15) is 4.80 Å². The first kappa shape index (κ1) is 13.3. The van der Waals surface area contributed by atoms with Crippen LogP contribution in [0.15, 0.2) is 54.6 Å². The minimum absolute atomic E-state index is 0.508. The molecule has 0 bridgehead atoms. The molecule has 0 aliphatic rings. The van der Waals surface area contributed by atoms with Crippen molar-refractivity contribution in [1.29, 1.82) is 0 Å². The number of hydrogen-bond donors (Lipinski definition) is 0. The molecule has 0 saturated heterocycles. The third-order valence-electron chi connectivity index (χ3n) is 3.07. The van der Waals surface area contributed by atoms with Gasteiger partial charge in [0.1, 0.15) is 12.4 Å². The molecule has 0 aliphatic heterocycles. The van der Waals surface area contributed by atoms with Crippen LogP contribution in [0, 0.1) is 6.92 Å². The lowest BCUT2D eigenvalue weighted by Crippen LogP contribution is -2.11. The van der Waals surface area contributed by atoms with Crippen LogP contribution in [0.25, 0.3) is 11.4 Å². The predicted octanol–water partition coefficient (Wildman–Crippen LogP) is 2.73. The first-order chi connectivity index (χ1) is 10.3. The topological polar surface area (TPSA) is 52.8 Å². The lowest BCUT2D eigenvalue weighted by atomic mass is 10.2. The number of aromatic nitrogens is 4. The fraction of sp³-hybridized carbons (Fsp3) is 0.188. The molecule has 1 aromatic heterocycles. The van der Waals surface area contributed by atoms with Gasteiger partial charge in [0.2, 0.25) is 5.82 Å². The molecule has 5 heteroatoms. The monoisotopic (exact) mass is 280 g/mol. The van der Waals surface area contributed by atoms with Crippen LogP contribution in [-0.4, -0.2) is 26.8 Å². The summed E-state index contributed by atoms with van der Waals surface area (Å²) >= 11 is 0. The maximum atomic E-state index is 5.65. The molecule has 0 saturated carbocycles. The second kappa shape index (κ2) is 6.17. The van der Waals surface area contributed by atoms with Crippen molar-refractivity contribution in [2.75, 3.05) is 6.61 Å². The van der Waals surface area contributed by atoms with Crippen LogP contribution in [0.3, 0.4) is 0 Å². The highest BCUT2D eigenvalue weighted by Crippen LogP contribution is 2.13. The van der Waals surface area contributed by atoms with Gasteiger partial charge in [-0.05, 0) is 24.3 Å². The molecule has 0 aliphatic carbocycles. The van der Waals surface area contributed by atoms with Crippen LogP contribution in [0.2, 0.25) is 0 Å². The molecule has 0 fully saturated rings. The standard InChI is InChI=1S/C16H16N4O/c1-13-7-9-15(10-8-13)21-12-11-20-18-16(17-19-20)14-5-3-2-4-6-14/h2-10H,11-12H2,1H3. The summed E-state index contributed by atoms with van der Waals surface area (Å²) in [7, 11) is 0. The number of nitrogens with zero attached hydrogens (tertiary/aromatic N) is 4. The van der Waals surface area contributed by atoms with E-state index in [1.165, 1.54) is 5.56 Å². The van der Waals surface area contributed by atoms with Crippen molar-refractivity contribution in [3.05, 3.63) is 60.2 Å². The van der Waals surface area contributed by atoms with Gasteiger partial charge in [0.15, 0.2) is 0 Å². The Morgan fingerprint density at radius 2 is 1.76 bits per heavy atom. The molecule has 0 N–H and O–H groups in total. The Bertz CT molecular complexity index is 692. The van der Waals surface area contributed by atoms with Gasteiger partial charge in [-0.3, -0.25) is 0 Å². The third-order valence-corrected chi connectivity index (χ3v) is 3.07. The number of aryl methyl sites for hydroxylation is 1. The van der Waals surface area contributed by atoms with E-state index < -0.39 is 0 Å². The van der Waals surface area contributed by atoms with Crippen molar-refractivity contribution in [1.82, 2.24) is 20.2 Å². The molecule has 0 amide bonds. The highest BCUT2D eigenvalue weighted by Gasteiger charge is 2.05. The SMILES string of the molecule is Cc1ccc(OCCn2nnc(-c3ccccc3)n2)cc1. The van der Waals surface area contributed by atoms with Crippen LogP contribution >= 0.6 is 0 Å². The Balaban J connectivity index is 1.57. The Hall–Kier alpha value is -2.69. The van der Waals surface area contributed by atoms with E-state index in [4.69, 9.17) is 4.74 Å². The molecule has 0 atom stereocenters. The molecule has 0 spiro atoms. The van der Waals surface area contributed by atoms with Gasteiger partial charge in [-0.25, -0.2) is 0 Å². The Kier molecular flexibility index (Phi) is 3.91. The van der Waals surface area contributed by atoms with Crippen molar-refractivity contribution < 1.29 is 4.74 Å². The third kappa shape index (κ3) is 3.45. The molecule has 3 rings (SSSR count). The van der Waals surface area contributed by atoms with Crippen LogP contribution in [0.1, 0.15) is 5.56 Å². The van der Waals surface area contributed by atoms with Gasteiger partial charge in [-0.15, -0.1) is 10.2 Å². The van der Waals surface area contributed by atoms with Crippen molar-refractivity contribution in [3.8, 4) is 17.1 Å². The molecular formula is C16H16N4O. The summed E-state index contributed by atoms with van der Waals surface area (Å²) < 4.78 is 5.65. The van der Waals surface area contributed by atoms with Crippen LogP contribution in [-0.2, 0) is 6.54 Å². The molecule has 21 heavy (non-hydrogen) atoms. The highest BCUT2D eigenvalue weighted by molar-refractivity contribution is 5.52. The number of benzene rings is 2. The second-order valence-electron chi connectivity index (χ2n) is 4.74. The van der Waals surface area contributed by atoms with E-state index in [9.17, 15) is 0 Å². The van der Waals surface area contributed by atoms with Gasteiger partial charge in [0, 0.05) is 5.56 Å². The van der Waals surface area contributed by atoms with Crippen LogP contribution in [0.5, 0.6) is 5.75 Å².